The van der Waals surface area contributed by atoms with Crippen molar-refractivity contribution in [3.8, 4) is 0 Å². The van der Waals surface area contributed by atoms with Crippen LogP contribution >= 0.6 is 11.8 Å². The first-order valence-corrected chi connectivity index (χ1v) is 7.24. The molecule has 1 fully saturated rings. The van der Waals surface area contributed by atoms with Gasteiger partial charge < -0.3 is 15.5 Å². The maximum atomic E-state index is 5.41. The SMILES string of the molecule is CCOCc1nc(NN)cc(NC2CCSC2)n1. The quantitative estimate of drug-likeness (QED) is 0.529. The lowest BCUT2D eigenvalue weighted by atomic mass is 10.2. The van der Waals surface area contributed by atoms with E-state index in [9.17, 15) is 0 Å². The number of thioether (sulfide) groups is 1. The van der Waals surface area contributed by atoms with Gasteiger partial charge in [0, 0.05) is 24.5 Å². The summed E-state index contributed by atoms with van der Waals surface area (Å²) in [6.45, 7) is 2.99. The van der Waals surface area contributed by atoms with Gasteiger partial charge in [-0.25, -0.2) is 15.8 Å². The van der Waals surface area contributed by atoms with Crippen LogP contribution in [0.1, 0.15) is 19.2 Å². The number of hydrazine groups is 1. The van der Waals surface area contributed by atoms with Crippen LogP contribution in [0.15, 0.2) is 6.07 Å². The Morgan fingerprint density at radius 2 is 2.33 bits per heavy atom. The minimum Gasteiger partial charge on any atom is -0.374 e. The number of nitrogens with zero attached hydrogens (tertiary/aromatic N) is 2. The van der Waals surface area contributed by atoms with E-state index in [0.29, 0.717) is 30.9 Å². The maximum Gasteiger partial charge on any atom is 0.158 e. The molecule has 0 aromatic carbocycles. The van der Waals surface area contributed by atoms with E-state index in [1.54, 1.807) is 0 Å². The number of nitrogens with one attached hydrogen (secondary N) is 2. The van der Waals surface area contributed by atoms with E-state index in [2.05, 4.69) is 20.7 Å². The predicted molar refractivity (Wildman–Crippen MR) is 74.5 cm³/mol. The van der Waals surface area contributed by atoms with Crippen molar-refractivity contribution in [3.05, 3.63) is 11.9 Å². The summed E-state index contributed by atoms with van der Waals surface area (Å²) in [5.74, 6) is 9.79. The summed E-state index contributed by atoms with van der Waals surface area (Å²) >= 11 is 1.96. The summed E-state index contributed by atoms with van der Waals surface area (Å²) in [6, 6.07) is 2.30. The molecular formula is C11H19N5OS. The fourth-order valence-electron chi connectivity index (χ4n) is 1.76. The smallest absolute Gasteiger partial charge is 0.158 e. The van der Waals surface area contributed by atoms with Crippen molar-refractivity contribution in [1.29, 1.82) is 0 Å². The molecule has 2 rings (SSSR count). The predicted octanol–water partition coefficient (Wildman–Crippen LogP) is 1.22. The minimum atomic E-state index is 0.403. The van der Waals surface area contributed by atoms with Crippen LogP contribution in [0.3, 0.4) is 0 Å². The van der Waals surface area contributed by atoms with Gasteiger partial charge in [0.15, 0.2) is 5.82 Å². The highest BCUT2D eigenvalue weighted by atomic mass is 32.2. The van der Waals surface area contributed by atoms with Crippen molar-refractivity contribution in [3.63, 3.8) is 0 Å². The van der Waals surface area contributed by atoms with Gasteiger partial charge in [-0.15, -0.1) is 0 Å². The molecule has 1 atom stereocenters. The Labute approximate surface area is 111 Å². The number of hydrogen-bond acceptors (Lipinski definition) is 7. The average molecular weight is 269 g/mol. The van der Waals surface area contributed by atoms with Crippen LogP contribution < -0.4 is 16.6 Å². The Hall–Kier alpha value is -1.05. The second-order valence-corrected chi connectivity index (χ2v) is 5.19. The first kappa shape index (κ1) is 13.4. The van der Waals surface area contributed by atoms with E-state index in [0.717, 1.165) is 11.6 Å². The summed E-state index contributed by atoms with van der Waals surface area (Å²) in [4.78, 5) is 8.68. The Kier molecular flexibility index (Phi) is 5.03. The number of nitrogen functional groups attached to an aromatic ring is 1. The molecule has 1 aromatic rings. The monoisotopic (exact) mass is 269 g/mol. The van der Waals surface area contributed by atoms with Crippen LogP contribution in [0, 0.1) is 0 Å². The van der Waals surface area contributed by atoms with E-state index in [1.165, 1.54) is 12.2 Å². The molecule has 7 heteroatoms. The van der Waals surface area contributed by atoms with E-state index in [4.69, 9.17) is 10.6 Å². The second kappa shape index (κ2) is 6.77. The third kappa shape index (κ3) is 3.72. The first-order chi connectivity index (χ1) is 8.81. The Morgan fingerprint density at radius 1 is 1.50 bits per heavy atom. The van der Waals surface area contributed by atoms with Crippen LogP contribution in [-0.2, 0) is 11.3 Å². The van der Waals surface area contributed by atoms with Gasteiger partial charge in [-0.2, -0.15) is 11.8 Å². The average Bonchev–Trinajstić information content (AvgIpc) is 2.89. The molecule has 1 aromatic heterocycles. The van der Waals surface area contributed by atoms with Crippen LogP contribution in [0.4, 0.5) is 11.6 Å². The lowest BCUT2D eigenvalue weighted by molar-refractivity contribution is 0.128. The number of nitrogens with two attached hydrogens (primary N) is 1. The molecular weight excluding hydrogens is 250 g/mol. The maximum absolute atomic E-state index is 5.41. The zero-order chi connectivity index (χ0) is 12.8. The molecule has 1 aliphatic rings. The van der Waals surface area contributed by atoms with Crippen LogP contribution in [0.25, 0.3) is 0 Å². The van der Waals surface area contributed by atoms with E-state index in [-0.39, 0.29) is 0 Å². The summed E-state index contributed by atoms with van der Waals surface area (Å²) in [5.41, 5.74) is 2.56. The van der Waals surface area contributed by atoms with Gasteiger partial charge in [-0.05, 0) is 19.1 Å². The summed E-state index contributed by atoms with van der Waals surface area (Å²) in [5, 5.41) is 3.41. The molecule has 100 valence electrons. The van der Waals surface area contributed by atoms with Crippen LogP contribution in [-0.4, -0.2) is 34.1 Å². The highest BCUT2D eigenvalue weighted by Gasteiger charge is 2.16. The van der Waals surface area contributed by atoms with Gasteiger partial charge in [-0.1, -0.05) is 0 Å². The van der Waals surface area contributed by atoms with Crippen molar-refractivity contribution in [2.45, 2.75) is 26.0 Å². The summed E-state index contributed by atoms with van der Waals surface area (Å²) in [6.07, 6.45) is 1.17. The molecule has 18 heavy (non-hydrogen) atoms. The van der Waals surface area contributed by atoms with Crippen molar-refractivity contribution in [2.75, 3.05) is 28.9 Å². The zero-order valence-electron chi connectivity index (χ0n) is 10.5. The number of aromatic nitrogens is 2. The molecule has 6 nitrogen and oxygen atoms in total. The second-order valence-electron chi connectivity index (χ2n) is 4.04. The highest BCUT2D eigenvalue weighted by molar-refractivity contribution is 7.99. The number of ether oxygens (including phenoxy) is 1. The molecule has 0 aliphatic carbocycles. The van der Waals surface area contributed by atoms with Gasteiger partial charge in [0.1, 0.15) is 18.2 Å². The molecule has 0 spiro atoms. The highest BCUT2D eigenvalue weighted by Crippen LogP contribution is 2.21. The number of anilines is 2. The van der Waals surface area contributed by atoms with Gasteiger partial charge in [0.2, 0.25) is 0 Å². The fraction of sp³-hybridized carbons (Fsp3) is 0.636. The molecule has 1 aliphatic heterocycles. The lowest BCUT2D eigenvalue weighted by Crippen LogP contribution is -2.20. The summed E-state index contributed by atoms with van der Waals surface area (Å²) in [7, 11) is 0. The Bertz CT molecular complexity index is 384. The third-order valence-electron chi connectivity index (χ3n) is 2.64. The fourth-order valence-corrected chi connectivity index (χ4v) is 2.91. The van der Waals surface area contributed by atoms with E-state index >= 15 is 0 Å². The molecule has 0 bridgehead atoms. The summed E-state index contributed by atoms with van der Waals surface area (Å²) < 4.78 is 5.32. The topological polar surface area (TPSA) is 85.1 Å². The van der Waals surface area contributed by atoms with Crippen LogP contribution in [0.2, 0.25) is 0 Å². The first-order valence-electron chi connectivity index (χ1n) is 6.08. The van der Waals surface area contributed by atoms with Crippen molar-refractivity contribution < 1.29 is 4.74 Å². The molecule has 4 N–H and O–H groups in total. The standard InChI is InChI=1S/C11H19N5OS/c1-2-17-6-11-14-9(5-10(15-11)16-12)13-8-3-4-18-7-8/h5,8H,2-4,6-7,12H2,1H3,(H2,13,14,15,16). The zero-order valence-corrected chi connectivity index (χ0v) is 11.3. The number of rotatable bonds is 6. The molecule has 2 heterocycles. The van der Waals surface area contributed by atoms with Crippen molar-refractivity contribution in [1.82, 2.24) is 9.97 Å². The Morgan fingerprint density at radius 3 is 3.00 bits per heavy atom. The van der Waals surface area contributed by atoms with E-state index < -0.39 is 0 Å². The molecule has 1 saturated heterocycles. The van der Waals surface area contributed by atoms with Gasteiger partial charge in [-0.3, -0.25) is 0 Å². The van der Waals surface area contributed by atoms with Crippen molar-refractivity contribution >= 4 is 23.4 Å². The lowest BCUT2D eigenvalue weighted by Gasteiger charge is -2.14. The normalized spacial score (nSPS) is 18.9. The van der Waals surface area contributed by atoms with Crippen LogP contribution in [0.5, 0.6) is 0 Å². The Balaban J connectivity index is 2.06. The van der Waals surface area contributed by atoms with E-state index in [1.807, 2.05) is 24.8 Å². The van der Waals surface area contributed by atoms with Gasteiger partial charge in [0.25, 0.3) is 0 Å². The molecule has 0 saturated carbocycles. The number of hydrogen-bond donors (Lipinski definition) is 3. The third-order valence-corrected chi connectivity index (χ3v) is 3.80. The van der Waals surface area contributed by atoms with Crippen molar-refractivity contribution in [2.24, 2.45) is 5.84 Å². The molecule has 0 radical (unpaired) electrons. The van der Waals surface area contributed by atoms with Gasteiger partial charge >= 0.3 is 0 Å². The molecule has 0 amide bonds. The minimum absolute atomic E-state index is 0.403. The largest absolute Gasteiger partial charge is 0.374 e. The van der Waals surface area contributed by atoms with Gasteiger partial charge in [0.05, 0.1) is 0 Å². The molecule has 1 unspecified atom stereocenters.